The van der Waals surface area contributed by atoms with Crippen molar-refractivity contribution in [3.63, 3.8) is 0 Å². The van der Waals surface area contributed by atoms with Crippen LogP contribution in [-0.4, -0.2) is 71.4 Å². The van der Waals surface area contributed by atoms with Crippen molar-refractivity contribution in [3.8, 4) is 11.1 Å². The van der Waals surface area contributed by atoms with Crippen molar-refractivity contribution >= 4 is 30.9 Å². The average molecular weight is 587 g/mol. The van der Waals surface area contributed by atoms with Gasteiger partial charge in [-0.3, -0.25) is 0 Å². The van der Waals surface area contributed by atoms with Gasteiger partial charge < -0.3 is 23.8 Å². The molecule has 1 fully saturated rings. The van der Waals surface area contributed by atoms with Crippen LogP contribution >= 0.6 is 0 Å². The Balaban J connectivity index is 1.33. The van der Waals surface area contributed by atoms with Crippen molar-refractivity contribution in [1.82, 2.24) is 24.4 Å². The molecule has 5 rings (SSSR count). The lowest BCUT2D eigenvalue weighted by Crippen LogP contribution is -2.38. The van der Waals surface area contributed by atoms with Gasteiger partial charge in [0.15, 0.2) is 0 Å². The summed E-state index contributed by atoms with van der Waals surface area (Å²) in [5.74, 6) is 0. The van der Waals surface area contributed by atoms with Crippen LogP contribution in [-0.2, 0) is 22.8 Å². The van der Waals surface area contributed by atoms with Crippen LogP contribution in [0.2, 0.25) is 25.7 Å². The Morgan fingerprint density at radius 1 is 1.07 bits per heavy atom. The number of aromatic nitrogens is 4. The summed E-state index contributed by atoms with van der Waals surface area (Å²) in [7, 11) is 0.675. The number of benzene rings is 1. The van der Waals surface area contributed by atoms with Crippen LogP contribution in [0.4, 0.5) is 10.5 Å². The molecule has 1 atom stereocenters. The first-order valence-electron chi connectivity index (χ1n) is 14.8. The third kappa shape index (κ3) is 7.35. The van der Waals surface area contributed by atoms with E-state index in [9.17, 15) is 4.79 Å². The number of pyridine rings is 1. The molecule has 0 radical (unpaired) electrons. The SMILES string of the molecule is CN(C(=O)OCc1ccccc1)C1CCCN(c2ccnc3c2c(-c2cncnc2)cn3COCC[Si](C)(C)C)CC1. The lowest BCUT2D eigenvalue weighted by Gasteiger charge is -2.27. The van der Waals surface area contributed by atoms with Crippen LogP contribution in [0.5, 0.6) is 0 Å². The molecule has 1 aromatic carbocycles. The molecule has 1 amide bonds. The summed E-state index contributed by atoms with van der Waals surface area (Å²) in [6, 6.07) is 13.1. The molecule has 1 unspecified atom stereocenters. The fraction of sp³-hybridized carbons (Fsp3) is 0.438. The van der Waals surface area contributed by atoms with E-state index in [1.165, 1.54) is 0 Å². The van der Waals surface area contributed by atoms with E-state index in [0.29, 0.717) is 6.73 Å². The molecule has 222 valence electrons. The maximum Gasteiger partial charge on any atom is 0.410 e. The molecule has 0 bridgehead atoms. The highest BCUT2D eigenvalue weighted by atomic mass is 28.3. The number of ether oxygens (including phenoxy) is 2. The van der Waals surface area contributed by atoms with E-state index in [1.54, 1.807) is 11.2 Å². The molecule has 42 heavy (non-hydrogen) atoms. The Kier molecular flexibility index (Phi) is 9.54. The maximum atomic E-state index is 12.9. The zero-order valence-corrected chi connectivity index (χ0v) is 26.2. The van der Waals surface area contributed by atoms with Crippen LogP contribution in [0, 0.1) is 0 Å². The van der Waals surface area contributed by atoms with Gasteiger partial charge in [-0.1, -0.05) is 50.0 Å². The van der Waals surface area contributed by atoms with Crippen molar-refractivity contribution < 1.29 is 14.3 Å². The van der Waals surface area contributed by atoms with E-state index in [0.717, 1.165) is 78.4 Å². The second-order valence-corrected chi connectivity index (χ2v) is 17.9. The topological polar surface area (TPSA) is 85.6 Å². The minimum absolute atomic E-state index is 0.113. The summed E-state index contributed by atoms with van der Waals surface area (Å²) < 4.78 is 13.9. The smallest absolute Gasteiger partial charge is 0.410 e. The van der Waals surface area contributed by atoms with Gasteiger partial charge in [-0.25, -0.2) is 19.7 Å². The summed E-state index contributed by atoms with van der Waals surface area (Å²) in [5, 5.41) is 1.08. The monoisotopic (exact) mass is 586 g/mol. The van der Waals surface area contributed by atoms with Crippen molar-refractivity contribution in [1.29, 1.82) is 0 Å². The van der Waals surface area contributed by atoms with Crippen molar-refractivity contribution in [2.24, 2.45) is 0 Å². The number of rotatable bonds is 10. The van der Waals surface area contributed by atoms with Crippen molar-refractivity contribution in [3.05, 3.63) is 73.1 Å². The van der Waals surface area contributed by atoms with E-state index >= 15 is 0 Å². The number of carbonyl (C=O) groups is 1. The first kappa shape index (κ1) is 29.7. The molecule has 1 aliphatic heterocycles. The Bertz CT molecular complexity index is 1460. The van der Waals surface area contributed by atoms with Gasteiger partial charge in [-0.15, -0.1) is 0 Å². The number of fused-ring (bicyclic) bond motifs is 1. The Morgan fingerprint density at radius 2 is 1.86 bits per heavy atom. The molecule has 10 heteroatoms. The zero-order chi connectivity index (χ0) is 29.5. The molecule has 3 aromatic heterocycles. The quantitative estimate of drug-likeness (QED) is 0.156. The summed E-state index contributed by atoms with van der Waals surface area (Å²) >= 11 is 0. The largest absolute Gasteiger partial charge is 0.445 e. The van der Waals surface area contributed by atoms with Crippen LogP contribution in [0.1, 0.15) is 24.8 Å². The van der Waals surface area contributed by atoms with E-state index in [4.69, 9.17) is 14.5 Å². The van der Waals surface area contributed by atoms with Gasteiger partial charge >= 0.3 is 6.09 Å². The van der Waals surface area contributed by atoms with E-state index < -0.39 is 8.07 Å². The fourth-order valence-corrected chi connectivity index (χ4v) is 6.19. The number of carbonyl (C=O) groups excluding carboxylic acids is 1. The third-order valence-electron chi connectivity index (χ3n) is 7.91. The lowest BCUT2D eigenvalue weighted by atomic mass is 10.1. The van der Waals surface area contributed by atoms with Gasteiger partial charge in [-0.2, -0.15) is 0 Å². The van der Waals surface area contributed by atoms with Crippen LogP contribution in [0.3, 0.4) is 0 Å². The Hall–Kier alpha value is -3.76. The molecule has 4 heterocycles. The van der Waals surface area contributed by atoms with Crippen molar-refractivity contribution in [2.45, 2.75) is 64.3 Å². The molecule has 1 saturated heterocycles. The first-order valence-corrected chi connectivity index (χ1v) is 18.5. The normalized spacial score (nSPS) is 15.9. The highest BCUT2D eigenvalue weighted by Crippen LogP contribution is 2.37. The minimum Gasteiger partial charge on any atom is -0.445 e. The van der Waals surface area contributed by atoms with Gasteiger partial charge in [0.1, 0.15) is 25.3 Å². The number of hydrogen-bond acceptors (Lipinski definition) is 7. The first-order chi connectivity index (χ1) is 20.3. The Labute approximate surface area is 249 Å². The molecule has 0 spiro atoms. The predicted octanol–water partition coefficient (Wildman–Crippen LogP) is 6.43. The second-order valence-electron chi connectivity index (χ2n) is 12.2. The number of anilines is 1. The van der Waals surface area contributed by atoms with Gasteiger partial charge in [0.2, 0.25) is 0 Å². The molecular formula is C32H42N6O3Si. The number of nitrogens with zero attached hydrogens (tertiary/aromatic N) is 6. The summed E-state index contributed by atoms with van der Waals surface area (Å²) in [6.07, 6.45) is 11.7. The summed E-state index contributed by atoms with van der Waals surface area (Å²) in [6.45, 7) is 10.3. The highest BCUT2D eigenvalue weighted by Gasteiger charge is 2.27. The standard InChI is InChI=1S/C32H42N6O3Si/c1-36(32(39)41-22-25-9-6-5-7-10-25)27-11-8-15-37(16-13-27)29-12-14-35-31-30(29)28(26-19-33-23-34-20-26)21-38(31)24-40-17-18-42(2,3)4/h5-7,9-10,12,14,19-21,23,27H,8,11,13,15-18,22,24H2,1-4H3. The maximum absolute atomic E-state index is 12.9. The van der Waals surface area contributed by atoms with E-state index in [-0.39, 0.29) is 18.7 Å². The van der Waals surface area contributed by atoms with Crippen LogP contribution in [0.15, 0.2) is 67.5 Å². The molecule has 0 aliphatic carbocycles. The Morgan fingerprint density at radius 3 is 2.62 bits per heavy atom. The lowest BCUT2D eigenvalue weighted by molar-refractivity contribution is 0.0886. The second kappa shape index (κ2) is 13.5. The van der Waals surface area contributed by atoms with Gasteiger partial charge in [0.05, 0.1) is 5.39 Å². The average Bonchev–Trinajstić information content (AvgIpc) is 3.19. The van der Waals surface area contributed by atoms with Gasteiger partial charge in [-0.05, 0) is 36.9 Å². The molecule has 0 N–H and O–H groups in total. The minimum atomic E-state index is -1.18. The number of amides is 1. The third-order valence-corrected chi connectivity index (χ3v) is 9.62. The summed E-state index contributed by atoms with van der Waals surface area (Å²) in [5.41, 5.74) is 5.01. The molecule has 9 nitrogen and oxygen atoms in total. The molecule has 1 aliphatic rings. The van der Waals surface area contributed by atoms with Crippen molar-refractivity contribution in [2.75, 3.05) is 31.6 Å². The van der Waals surface area contributed by atoms with Gasteiger partial charge in [0, 0.05) is 82.5 Å². The number of hydrogen-bond donors (Lipinski definition) is 0. The fourth-order valence-electron chi connectivity index (χ4n) is 5.44. The van der Waals surface area contributed by atoms with Crippen LogP contribution < -0.4 is 4.90 Å². The zero-order valence-electron chi connectivity index (χ0n) is 25.2. The van der Waals surface area contributed by atoms with E-state index in [1.807, 2.05) is 56.0 Å². The molecule has 4 aromatic rings. The van der Waals surface area contributed by atoms with E-state index in [2.05, 4.69) is 51.3 Å². The van der Waals surface area contributed by atoms with Crippen LogP contribution in [0.25, 0.3) is 22.2 Å². The van der Waals surface area contributed by atoms with Gasteiger partial charge in [0.25, 0.3) is 0 Å². The molecular weight excluding hydrogens is 544 g/mol. The predicted molar refractivity (Wildman–Crippen MR) is 169 cm³/mol. The summed E-state index contributed by atoms with van der Waals surface area (Å²) in [4.78, 5) is 30.5. The highest BCUT2D eigenvalue weighted by molar-refractivity contribution is 6.76. The molecule has 0 saturated carbocycles.